The quantitative estimate of drug-likeness (QED) is 0.492. The number of carbonyl (C=O) groups is 4. The number of benzene rings is 1. The normalized spacial score (nSPS) is 17.5. The molecule has 2 aliphatic rings. The monoisotopic (exact) mass is 384 g/mol. The van der Waals surface area contributed by atoms with E-state index in [0.717, 1.165) is 17.7 Å². The number of nitrogens with zero attached hydrogens (tertiary/aromatic N) is 1. The van der Waals surface area contributed by atoms with Gasteiger partial charge in [-0.05, 0) is 25.0 Å². The SMILES string of the molecule is C=CCNC(=O)c1ccccc1NC(=O)CCN1C(=O)NC2(CCCC2)C1=O. The summed E-state index contributed by atoms with van der Waals surface area (Å²) in [5, 5.41) is 8.14. The van der Waals surface area contributed by atoms with E-state index in [9.17, 15) is 19.2 Å². The van der Waals surface area contributed by atoms with Crippen molar-refractivity contribution in [3.8, 4) is 0 Å². The zero-order chi connectivity index (χ0) is 20.1. The predicted octanol–water partition coefficient (Wildman–Crippen LogP) is 1.80. The summed E-state index contributed by atoms with van der Waals surface area (Å²) in [7, 11) is 0. The summed E-state index contributed by atoms with van der Waals surface area (Å²) in [6, 6.07) is 6.20. The third kappa shape index (κ3) is 3.90. The molecule has 5 amide bonds. The number of nitrogens with one attached hydrogen (secondary N) is 3. The molecule has 3 N–H and O–H groups in total. The average Bonchev–Trinajstić information content (AvgIpc) is 3.24. The van der Waals surface area contributed by atoms with Gasteiger partial charge >= 0.3 is 6.03 Å². The number of imide groups is 1. The number of urea groups is 1. The van der Waals surface area contributed by atoms with Crippen molar-refractivity contribution in [2.75, 3.05) is 18.4 Å². The number of carbonyl (C=O) groups excluding carboxylic acids is 4. The van der Waals surface area contributed by atoms with Crippen LogP contribution in [-0.4, -0.2) is 47.3 Å². The van der Waals surface area contributed by atoms with Crippen molar-refractivity contribution in [3.63, 3.8) is 0 Å². The average molecular weight is 384 g/mol. The van der Waals surface area contributed by atoms with Crippen molar-refractivity contribution in [1.82, 2.24) is 15.5 Å². The molecule has 28 heavy (non-hydrogen) atoms. The number of rotatable bonds is 7. The molecule has 0 bridgehead atoms. The van der Waals surface area contributed by atoms with Gasteiger partial charge < -0.3 is 16.0 Å². The van der Waals surface area contributed by atoms with Crippen LogP contribution < -0.4 is 16.0 Å². The summed E-state index contributed by atoms with van der Waals surface area (Å²) in [5.41, 5.74) is -0.0697. The first-order valence-electron chi connectivity index (χ1n) is 9.39. The Kier molecular flexibility index (Phi) is 5.77. The number of para-hydroxylation sites is 1. The Balaban J connectivity index is 1.59. The number of amides is 5. The van der Waals surface area contributed by atoms with Crippen LogP contribution in [0, 0.1) is 0 Å². The summed E-state index contributed by atoms with van der Waals surface area (Å²) in [6.07, 6.45) is 4.63. The van der Waals surface area contributed by atoms with E-state index in [2.05, 4.69) is 22.5 Å². The highest BCUT2D eigenvalue weighted by Gasteiger charge is 2.52. The van der Waals surface area contributed by atoms with E-state index in [-0.39, 0.29) is 30.7 Å². The number of hydrogen-bond donors (Lipinski definition) is 3. The molecule has 3 rings (SSSR count). The van der Waals surface area contributed by atoms with E-state index < -0.39 is 11.6 Å². The molecule has 0 radical (unpaired) electrons. The highest BCUT2D eigenvalue weighted by molar-refractivity contribution is 6.08. The lowest BCUT2D eigenvalue weighted by atomic mass is 9.98. The van der Waals surface area contributed by atoms with Gasteiger partial charge in [0.1, 0.15) is 5.54 Å². The largest absolute Gasteiger partial charge is 0.349 e. The lowest BCUT2D eigenvalue weighted by Gasteiger charge is -2.20. The van der Waals surface area contributed by atoms with Crippen LogP contribution in [0.1, 0.15) is 42.5 Å². The second kappa shape index (κ2) is 8.24. The molecule has 1 spiro atoms. The molecule has 1 aromatic carbocycles. The fourth-order valence-corrected chi connectivity index (χ4v) is 3.67. The zero-order valence-corrected chi connectivity index (χ0v) is 15.6. The number of anilines is 1. The minimum absolute atomic E-state index is 0.00305. The molecular formula is C20H24N4O4. The maximum atomic E-state index is 12.6. The van der Waals surface area contributed by atoms with E-state index in [0.29, 0.717) is 30.6 Å². The molecule has 1 saturated heterocycles. The highest BCUT2D eigenvalue weighted by atomic mass is 16.2. The molecule has 8 heteroatoms. The van der Waals surface area contributed by atoms with Crippen molar-refractivity contribution < 1.29 is 19.2 Å². The van der Waals surface area contributed by atoms with Gasteiger partial charge in [0, 0.05) is 19.5 Å². The lowest BCUT2D eigenvalue weighted by Crippen LogP contribution is -2.44. The van der Waals surface area contributed by atoms with Crippen LogP contribution >= 0.6 is 0 Å². The van der Waals surface area contributed by atoms with E-state index in [4.69, 9.17) is 0 Å². The predicted molar refractivity (Wildman–Crippen MR) is 104 cm³/mol. The van der Waals surface area contributed by atoms with Crippen LogP contribution in [0.5, 0.6) is 0 Å². The smallest absolute Gasteiger partial charge is 0.325 e. The first kappa shape index (κ1) is 19.6. The molecule has 1 aliphatic carbocycles. The Morgan fingerprint density at radius 3 is 2.64 bits per heavy atom. The van der Waals surface area contributed by atoms with E-state index in [1.165, 1.54) is 0 Å². The van der Waals surface area contributed by atoms with Crippen molar-refractivity contribution in [1.29, 1.82) is 0 Å². The molecule has 1 saturated carbocycles. The van der Waals surface area contributed by atoms with Crippen LogP contribution in [0.25, 0.3) is 0 Å². The molecule has 1 aromatic rings. The van der Waals surface area contributed by atoms with E-state index in [1.54, 1.807) is 30.3 Å². The molecule has 1 heterocycles. The highest BCUT2D eigenvalue weighted by Crippen LogP contribution is 2.35. The topological polar surface area (TPSA) is 108 Å². The van der Waals surface area contributed by atoms with Gasteiger partial charge in [0.2, 0.25) is 5.91 Å². The van der Waals surface area contributed by atoms with Crippen LogP contribution in [0.4, 0.5) is 10.5 Å². The standard InChI is InChI=1S/C20H24N4O4/c1-2-12-21-17(26)14-7-3-4-8-15(14)22-16(25)9-13-24-18(27)20(23-19(24)28)10-5-6-11-20/h2-4,7-8H,1,5-6,9-13H2,(H,21,26)(H,22,25)(H,23,28). The summed E-state index contributed by atoms with van der Waals surface area (Å²) in [4.78, 5) is 50.4. The van der Waals surface area contributed by atoms with Gasteiger partial charge in [-0.25, -0.2) is 4.79 Å². The third-order valence-corrected chi connectivity index (χ3v) is 5.12. The van der Waals surface area contributed by atoms with Crippen LogP contribution in [0.15, 0.2) is 36.9 Å². The minimum atomic E-state index is -0.774. The molecule has 1 aliphatic heterocycles. The van der Waals surface area contributed by atoms with E-state index in [1.807, 2.05) is 0 Å². The van der Waals surface area contributed by atoms with Gasteiger partial charge in [-0.3, -0.25) is 19.3 Å². The second-order valence-electron chi connectivity index (χ2n) is 7.02. The molecule has 0 unspecified atom stereocenters. The van der Waals surface area contributed by atoms with Crippen molar-refractivity contribution in [2.45, 2.75) is 37.6 Å². The molecule has 0 aromatic heterocycles. The lowest BCUT2D eigenvalue weighted by molar-refractivity contribution is -0.131. The van der Waals surface area contributed by atoms with Gasteiger partial charge in [0.25, 0.3) is 11.8 Å². The maximum absolute atomic E-state index is 12.6. The Morgan fingerprint density at radius 2 is 1.93 bits per heavy atom. The van der Waals surface area contributed by atoms with Gasteiger partial charge in [-0.15, -0.1) is 6.58 Å². The first-order valence-corrected chi connectivity index (χ1v) is 9.39. The van der Waals surface area contributed by atoms with Crippen LogP contribution in [0.3, 0.4) is 0 Å². The Bertz CT molecular complexity index is 814. The van der Waals surface area contributed by atoms with Gasteiger partial charge in [0.15, 0.2) is 0 Å². The summed E-state index contributed by atoms with van der Waals surface area (Å²) in [6.45, 7) is 3.87. The number of hydrogen-bond acceptors (Lipinski definition) is 4. The summed E-state index contributed by atoms with van der Waals surface area (Å²) >= 11 is 0. The Labute approximate surface area is 163 Å². The molecule has 2 fully saturated rings. The van der Waals surface area contributed by atoms with Crippen LogP contribution in [0.2, 0.25) is 0 Å². The molecule has 0 atom stereocenters. The van der Waals surface area contributed by atoms with Gasteiger partial charge in [-0.1, -0.05) is 31.1 Å². The van der Waals surface area contributed by atoms with Crippen molar-refractivity contribution in [3.05, 3.63) is 42.5 Å². The zero-order valence-electron chi connectivity index (χ0n) is 15.6. The van der Waals surface area contributed by atoms with Gasteiger partial charge in [-0.2, -0.15) is 0 Å². The Hall–Kier alpha value is -3.16. The first-order chi connectivity index (χ1) is 13.5. The summed E-state index contributed by atoms with van der Waals surface area (Å²) < 4.78 is 0. The third-order valence-electron chi connectivity index (χ3n) is 5.12. The summed E-state index contributed by atoms with van der Waals surface area (Å²) in [5.74, 6) is -0.947. The van der Waals surface area contributed by atoms with Crippen LogP contribution in [-0.2, 0) is 9.59 Å². The fraction of sp³-hybridized carbons (Fsp3) is 0.400. The van der Waals surface area contributed by atoms with Crippen molar-refractivity contribution >= 4 is 29.4 Å². The fourth-order valence-electron chi connectivity index (χ4n) is 3.67. The molecular weight excluding hydrogens is 360 g/mol. The van der Waals surface area contributed by atoms with Gasteiger partial charge in [0.05, 0.1) is 11.3 Å². The minimum Gasteiger partial charge on any atom is -0.349 e. The molecule has 148 valence electrons. The van der Waals surface area contributed by atoms with E-state index >= 15 is 0 Å². The Morgan fingerprint density at radius 1 is 1.21 bits per heavy atom. The molecule has 8 nitrogen and oxygen atoms in total. The van der Waals surface area contributed by atoms with Crippen molar-refractivity contribution in [2.24, 2.45) is 0 Å². The second-order valence-corrected chi connectivity index (χ2v) is 7.02. The maximum Gasteiger partial charge on any atom is 0.325 e.